The van der Waals surface area contributed by atoms with Gasteiger partial charge in [0.15, 0.2) is 0 Å². The number of anilines is 1. The number of benzene rings is 3. The molecule has 214 valence electrons. The molecule has 3 aromatic carbocycles. The highest BCUT2D eigenvalue weighted by atomic mass is 35.5. The number of amides is 2. The van der Waals surface area contributed by atoms with Gasteiger partial charge in [0.2, 0.25) is 11.8 Å². The van der Waals surface area contributed by atoms with Gasteiger partial charge in [-0.05, 0) is 82.1 Å². The van der Waals surface area contributed by atoms with Crippen molar-refractivity contribution in [1.29, 1.82) is 0 Å². The third-order valence-corrected chi connectivity index (χ3v) is 8.34. The van der Waals surface area contributed by atoms with Crippen molar-refractivity contribution in [3.05, 3.63) is 94.8 Å². The molecule has 0 aliphatic carbocycles. The van der Waals surface area contributed by atoms with Crippen molar-refractivity contribution < 1.29 is 22.4 Å². The van der Waals surface area contributed by atoms with Crippen LogP contribution in [0.4, 0.5) is 10.1 Å². The molecule has 0 spiro atoms. The smallest absolute Gasteiger partial charge is 0.264 e. The van der Waals surface area contributed by atoms with Gasteiger partial charge in [-0.3, -0.25) is 13.9 Å². The first-order valence-corrected chi connectivity index (χ1v) is 14.7. The average molecular weight is 588 g/mol. The fourth-order valence-electron chi connectivity index (χ4n) is 4.16. The van der Waals surface area contributed by atoms with Gasteiger partial charge in [-0.1, -0.05) is 54.4 Å². The minimum absolute atomic E-state index is 0.0174. The van der Waals surface area contributed by atoms with E-state index in [-0.39, 0.29) is 29.5 Å². The van der Waals surface area contributed by atoms with Gasteiger partial charge in [-0.15, -0.1) is 0 Å². The Morgan fingerprint density at radius 2 is 1.57 bits per heavy atom. The van der Waals surface area contributed by atoms with Gasteiger partial charge in [0.25, 0.3) is 10.0 Å². The number of sulfonamides is 1. The second-order valence-electron chi connectivity index (χ2n) is 10.6. The van der Waals surface area contributed by atoms with Crippen LogP contribution in [0.15, 0.2) is 77.7 Å². The Hall–Kier alpha value is -3.43. The third kappa shape index (κ3) is 7.82. The van der Waals surface area contributed by atoms with E-state index in [0.29, 0.717) is 10.6 Å². The van der Waals surface area contributed by atoms with E-state index in [4.69, 9.17) is 11.6 Å². The topological polar surface area (TPSA) is 86.8 Å². The minimum Gasteiger partial charge on any atom is -0.350 e. The van der Waals surface area contributed by atoms with E-state index in [1.54, 1.807) is 43.3 Å². The number of carbonyl (C=O) groups is 2. The fourth-order valence-corrected chi connectivity index (χ4v) is 5.77. The van der Waals surface area contributed by atoms with Crippen LogP contribution in [0.1, 0.15) is 45.2 Å². The summed E-state index contributed by atoms with van der Waals surface area (Å²) in [5.74, 6) is -1.53. The number of carbonyl (C=O) groups excluding carboxylic acids is 2. The Morgan fingerprint density at radius 3 is 2.12 bits per heavy atom. The van der Waals surface area contributed by atoms with Gasteiger partial charge < -0.3 is 10.2 Å². The molecule has 0 aliphatic rings. The van der Waals surface area contributed by atoms with Gasteiger partial charge in [0.1, 0.15) is 18.4 Å². The fraction of sp³-hybridized carbons (Fsp3) is 0.333. The van der Waals surface area contributed by atoms with Crippen LogP contribution in [0.5, 0.6) is 0 Å². The number of aryl methyl sites for hydroxylation is 1. The molecule has 0 fully saturated rings. The lowest BCUT2D eigenvalue weighted by Gasteiger charge is -2.35. The lowest BCUT2D eigenvalue weighted by molar-refractivity contribution is -0.141. The van der Waals surface area contributed by atoms with E-state index in [1.807, 2.05) is 27.7 Å². The van der Waals surface area contributed by atoms with Gasteiger partial charge in [0, 0.05) is 17.1 Å². The first-order chi connectivity index (χ1) is 18.7. The Morgan fingerprint density at radius 1 is 0.975 bits per heavy atom. The van der Waals surface area contributed by atoms with Gasteiger partial charge in [0.05, 0.1) is 10.6 Å². The highest BCUT2D eigenvalue weighted by Gasteiger charge is 2.34. The van der Waals surface area contributed by atoms with Crippen molar-refractivity contribution in [1.82, 2.24) is 10.2 Å². The van der Waals surface area contributed by atoms with E-state index in [1.165, 1.54) is 29.2 Å². The highest BCUT2D eigenvalue weighted by Crippen LogP contribution is 2.26. The molecular weight excluding hydrogens is 553 g/mol. The van der Waals surface area contributed by atoms with Crippen molar-refractivity contribution in [2.45, 2.75) is 64.1 Å². The molecule has 0 heterocycles. The van der Waals surface area contributed by atoms with Gasteiger partial charge >= 0.3 is 0 Å². The highest BCUT2D eigenvalue weighted by molar-refractivity contribution is 7.92. The summed E-state index contributed by atoms with van der Waals surface area (Å²) in [5, 5.41) is 3.33. The van der Waals surface area contributed by atoms with E-state index >= 15 is 0 Å². The SMILES string of the molecule is CCC(C(=O)NC(C)(C)C)N(Cc1ccccc1Cl)C(=O)CN(c1ccc(F)cc1)S(=O)(=O)c1ccc(C)cc1. The zero-order valence-corrected chi connectivity index (χ0v) is 24.9. The second kappa shape index (κ2) is 12.8. The van der Waals surface area contributed by atoms with E-state index in [2.05, 4.69) is 5.32 Å². The quantitative estimate of drug-likeness (QED) is 0.329. The molecule has 1 unspecified atom stereocenters. The molecule has 2 amide bonds. The summed E-state index contributed by atoms with van der Waals surface area (Å²) in [4.78, 5) is 28.7. The minimum atomic E-state index is -4.24. The summed E-state index contributed by atoms with van der Waals surface area (Å²) in [6.45, 7) is 8.48. The number of rotatable bonds is 10. The van der Waals surface area contributed by atoms with Crippen LogP contribution in [0.3, 0.4) is 0 Å². The Labute approximate surface area is 241 Å². The molecule has 0 bridgehead atoms. The van der Waals surface area contributed by atoms with Gasteiger partial charge in [-0.2, -0.15) is 0 Å². The number of nitrogens with one attached hydrogen (secondary N) is 1. The molecule has 0 aromatic heterocycles. The Kier molecular flexibility index (Phi) is 9.97. The summed E-state index contributed by atoms with van der Waals surface area (Å²) in [7, 11) is -4.24. The van der Waals surface area contributed by atoms with Gasteiger partial charge in [-0.25, -0.2) is 12.8 Å². The van der Waals surface area contributed by atoms with E-state index in [9.17, 15) is 22.4 Å². The lowest BCUT2D eigenvalue weighted by Crippen LogP contribution is -2.55. The van der Waals surface area contributed by atoms with E-state index < -0.39 is 39.9 Å². The summed E-state index contributed by atoms with van der Waals surface area (Å²) in [5.41, 5.74) is 1.03. The molecule has 1 N–H and O–H groups in total. The molecule has 3 aromatic rings. The third-order valence-electron chi connectivity index (χ3n) is 6.19. The molecule has 0 radical (unpaired) electrons. The van der Waals surface area contributed by atoms with Crippen LogP contribution in [0.2, 0.25) is 5.02 Å². The molecule has 3 rings (SSSR count). The first kappa shape index (κ1) is 31.1. The Bertz CT molecular complexity index is 1440. The standard InChI is InChI=1S/C30H35ClFN3O4S/c1-6-27(29(37)33-30(3,4)5)34(19-22-9-7-8-10-26(22)31)28(36)20-35(24-15-13-23(32)14-16-24)40(38,39)25-17-11-21(2)12-18-25/h7-18,27H,6,19-20H2,1-5H3,(H,33,37). The molecule has 10 heteroatoms. The van der Waals surface area contributed by atoms with Crippen molar-refractivity contribution in [3.8, 4) is 0 Å². The first-order valence-electron chi connectivity index (χ1n) is 12.9. The van der Waals surface area contributed by atoms with Crippen LogP contribution < -0.4 is 9.62 Å². The molecule has 40 heavy (non-hydrogen) atoms. The predicted octanol–water partition coefficient (Wildman–Crippen LogP) is 5.70. The van der Waals surface area contributed by atoms with Crippen LogP contribution >= 0.6 is 11.6 Å². The monoisotopic (exact) mass is 587 g/mol. The van der Waals surface area contributed by atoms with Crippen molar-refractivity contribution in [2.24, 2.45) is 0 Å². The second-order valence-corrected chi connectivity index (χ2v) is 12.8. The largest absolute Gasteiger partial charge is 0.350 e. The van der Waals surface area contributed by atoms with E-state index in [0.717, 1.165) is 22.0 Å². The molecule has 7 nitrogen and oxygen atoms in total. The summed E-state index contributed by atoms with van der Waals surface area (Å²) >= 11 is 6.41. The lowest BCUT2D eigenvalue weighted by atomic mass is 10.1. The molecular formula is C30H35ClFN3O4S. The Balaban J connectivity index is 2.08. The maximum absolute atomic E-state index is 14.0. The van der Waals surface area contributed by atoms with Crippen molar-refractivity contribution >= 4 is 39.1 Å². The van der Waals surface area contributed by atoms with Crippen LogP contribution in [0.25, 0.3) is 0 Å². The normalized spacial score (nSPS) is 12.5. The van der Waals surface area contributed by atoms with Crippen LogP contribution in [-0.4, -0.2) is 43.3 Å². The maximum atomic E-state index is 14.0. The number of hydrogen-bond donors (Lipinski definition) is 1. The zero-order valence-electron chi connectivity index (χ0n) is 23.3. The molecule has 0 saturated carbocycles. The molecule has 1 atom stereocenters. The number of hydrogen-bond acceptors (Lipinski definition) is 4. The summed E-state index contributed by atoms with van der Waals surface area (Å²) < 4.78 is 42.3. The zero-order chi connectivity index (χ0) is 29.7. The van der Waals surface area contributed by atoms with Crippen molar-refractivity contribution in [2.75, 3.05) is 10.8 Å². The van der Waals surface area contributed by atoms with Crippen molar-refractivity contribution in [3.63, 3.8) is 0 Å². The predicted molar refractivity (Wildman–Crippen MR) is 156 cm³/mol. The van der Waals surface area contributed by atoms with Crippen LogP contribution in [0, 0.1) is 12.7 Å². The average Bonchev–Trinajstić information content (AvgIpc) is 2.88. The summed E-state index contributed by atoms with van der Waals surface area (Å²) in [6, 6.07) is 17.1. The maximum Gasteiger partial charge on any atom is 0.264 e. The number of nitrogens with zero attached hydrogens (tertiary/aromatic N) is 2. The molecule has 0 aliphatic heterocycles. The number of halogens is 2. The summed E-state index contributed by atoms with van der Waals surface area (Å²) in [6.07, 6.45) is 0.277. The molecule has 0 saturated heterocycles. The van der Waals surface area contributed by atoms with Crippen LogP contribution in [-0.2, 0) is 26.2 Å².